The highest BCUT2D eigenvalue weighted by Gasteiger charge is 2.15. The molecule has 0 aliphatic rings. The summed E-state index contributed by atoms with van der Waals surface area (Å²) in [6, 6.07) is 2.42. The van der Waals surface area contributed by atoms with Crippen molar-refractivity contribution >= 4 is 31.9 Å². The molecule has 0 amide bonds. The lowest BCUT2D eigenvalue weighted by Gasteiger charge is -2.08. The first-order valence-electron chi connectivity index (χ1n) is 3.10. The SMILES string of the molecule is Fc1ccc(Br)c(OC(F)F)c1Br. The standard InChI is InChI=1S/C7H3Br2F3O/c8-3-1-2-4(10)5(9)6(3)13-7(11)12/h1-2,7H. The van der Waals surface area contributed by atoms with Crippen LogP contribution in [0.2, 0.25) is 0 Å². The molecular weight excluding hydrogens is 317 g/mol. The number of ether oxygens (including phenoxy) is 1. The zero-order valence-electron chi connectivity index (χ0n) is 6.03. The Morgan fingerprint density at radius 2 is 1.85 bits per heavy atom. The van der Waals surface area contributed by atoms with Crippen LogP contribution < -0.4 is 4.74 Å². The van der Waals surface area contributed by atoms with Crippen molar-refractivity contribution in [2.24, 2.45) is 0 Å². The second-order valence-corrected chi connectivity index (χ2v) is 3.70. The summed E-state index contributed by atoms with van der Waals surface area (Å²) in [6.07, 6.45) is 0. The van der Waals surface area contributed by atoms with Gasteiger partial charge in [-0.2, -0.15) is 8.78 Å². The minimum Gasteiger partial charge on any atom is -0.432 e. The van der Waals surface area contributed by atoms with E-state index < -0.39 is 12.4 Å². The second-order valence-electron chi connectivity index (χ2n) is 2.05. The fourth-order valence-electron chi connectivity index (χ4n) is 0.706. The van der Waals surface area contributed by atoms with Crippen LogP contribution in [0.15, 0.2) is 21.1 Å². The Labute approximate surface area is 89.1 Å². The topological polar surface area (TPSA) is 9.23 Å². The van der Waals surface area contributed by atoms with Crippen LogP contribution in [-0.4, -0.2) is 6.61 Å². The van der Waals surface area contributed by atoms with Gasteiger partial charge in [0.1, 0.15) is 5.82 Å². The molecule has 0 spiro atoms. The molecule has 1 rings (SSSR count). The fourth-order valence-corrected chi connectivity index (χ4v) is 1.83. The van der Waals surface area contributed by atoms with Crippen molar-refractivity contribution in [3.05, 3.63) is 26.9 Å². The molecule has 0 saturated carbocycles. The first-order chi connectivity index (χ1) is 6.02. The maximum absolute atomic E-state index is 12.8. The summed E-state index contributed by atoms with van der Waals surface area (Å²) in [4.78, 5) is 0. The highest BCUT2D eigenvalue weighted by Crippen LogP contribution is 2.36. The first kappa shape index (κ1) is 10.8. The third-order valence-corrected chi connectivity index (χ3v) is 2.57. The van der Waals surface area contributed by atoms with E-state index in [1.54, 1.807) is 0 Å². The Kier molecular flexibility index (Phi) is 3.61. The number of hydrogen-bond donors (Lipinski definition) is 0. The lowest BCUT2D eigenvalue weighted by atomic mass is 10.3. The number of halogens is 5. The van der Waals surface area contributed by atoms with Crippen LogP contribution in [0.1, 0.15) is 0 Å². The summed E-state index contributed by atoms with van der Waals surface area (Å²) in [5.74, 6) is -0.895. The van der Waals surface area contributed by atoms with Gasteiger partial charge >= 0.3 is 6.61 Å². The van der Waals surface area contributed by atoms with E-state index >= 15 is 0 Å². The number of rotatable bonds is 2. The van der Waals surface area contributed by atoms with Gasteiger partial charge in [-0.1, -0.05) is 0 Å². The molecule has 0 aliphatic carbocycles. The van der Waals surface area contributed by atoms with Crippen molar-refractivity contribution < 1.29 is 17.9 Å². The zero-order chi connectivity index (χ0) is 10.0. The van der Waals surface area contributed by atoms with E-state index in [-0.39, 0.29) is 14.7 Å². The maximum atomic E-state index is 12.8. The van der Waals surface area contributed by atoms with Crippen molar-refractivity contribution in [2.75, 3.05) is 0 Å². The molecule has 0 heterocycles. The van der Waals surface area contributed by atoms with Gasteiger partial charge in [0.15, 0.2) is 5.75 Å². The molecule has 0 bridgehead atoms. The van der Waals surface area contributed by atoms with Crippen molar-refractivity contribution in [3.63, 3.8) is 0 Å². The van der Waals surface area contributed by atoms with E-state index in [0.29, 0.717) is 0 Å². The molecule has 13 heavy (non-hydrogen) atoms. The smallest absolute Gasteiger partial charge is 0.387 e. The van der Waals surface area contributed by atoms with Crippen molar-refractivity contribution in [1.82, 2.24) is 0 Å². The van der Waals surface area contributed by atoms with Crippen LogP contribution in [0.5, 0.6) is 5.75 Å². The molecule has 0 aromatic heterocycles. The van der Waals surface area contributed by atoms with Crippen LogP contribution in [0, 0.1) is 5.82 Å². The molecule has 0 N–H and O–H groups in total. The van der Waals surface area contributed by atoms with E-state index in [0.717, 1.165) is 6.07 Å². The van der Waals surface area contributed by atoms with Crippen molar-refractivity contribution in [1.29, 1.82) is 0 Å². The minimum absolute atomic E-state index is 0.123. The molecule has 0 unspecified atom stereocenters. The van der Waals surface area contributed by atoms with Crippen LogP contribution in [0.3, 0.4) is 0 Å². The van der Waals surface area contributed by atoms with Crippen LogP contribution >= 0.6 is 31.9 Å². The second kappa shape index (κ2) is 4.32. The van der Waals surface area contributed by atoms with Gasteiger partial charge in [0.25, 0.3) is 0 Å². The van der Waals surface area contributed by atoms with E-state index in [1.807, 2.05) is 0 Å². The summed E-state index contributed by atoms with van der Waals surface area (Å²) >= 11 is 5.75. The van der Waals surface area contributed by atoms with E-state index in [4.69, 9.17) is 0 Å². The highest BCUT2D eigenvalue weighted by atomic mass is 79.9. The minimum atomic E-state index is -2.98. The molecular formula is C7H3Br2F3O. The monoisotopic (exact) mass is 318 g/mol. The molecule has 0 fully saturated rings. The maximum Gasteiger partial charge on any atom is 0.387 e. The molecule has 0 atom stereocenters. The van der Waals surface area contributed by atoms with Gasteiger partial charge in [-0.05, 0) is 44.0 Å². The Morgan fingerprint density at radius 1 is 1.23 bits per heavy atom. The van der Waals surface area contributed by atoms with Crippen LogP contribution in [0.4, 0.5) is 13.2 Å². The third kappa shape index (κ3) is 2.60. The van der Waals surface area contributed by atoms with Gasteiger partial charge in [0.05, 0.1) is 8.95 Å². The predicted molar refractivity (Wildman–Crippen MR) is 48.4 cm³/mol. The van der Waals surface area contributed by atoms with Gasteiger partial charge in [-0.25, -0.2) is 4.39 Å². The van der Waals surface area contributed by atoms with Gasteiger partial charge in [0.2, 0.25) is 0 Å². The predicted octanol–water partition coefficient (Wildman–Crippen LogP) is 3.95. The molecule has 6 heteroatoms. The van der Waals surface area contributed by atoms with E-state index in [9.17, 15) is 13.2 Å². The van der Waals surface area contributed by atoms with Crippen molar-refractivity contribution in [2.45, 2.75) is 6.61 Å². The molecule has 0 saturated heterocycles. The van der Waals surface area contributed by atoms with Gasteiger partial charge in [-0.3, -0.25) is 0 Å². The molecule has 1 nitrogen and oxygen atoms in total. The average molecular weight is 320 g/mol. The molecule has 1 aromatic carbocycles. The molecule has 0 radical (unpaired) electrons. The van der Waals surface area contributed by atoms with E-state index in [1.165, 1.54) is 6.07 Å². The lowest BCUT2D eigenvalue weighted by Crippen LogP contribution is -2.03. The number of hydrogen-bond acceptors (Lipinski definition) is 1. The number of alkyl halides is 2. The van der Waals surface area contributed by atoms with Gasteiger partial charge < -0.3 is 4.74 Å². The van der Waals surface area contributed by atoms with Crippen LogP contribution in [0.25, 0.3) is 0 Å². The average Bonchev–Trinajstić information content (AvgIpc) is 2.05. The molecule has 72 valence electrons. The fraction of sp³-hybridized carbons (Fsp3) is 0.143. The van der Waals surface area contributed by atoms with Gasteiger partial charge in [0, 0.05) is 0 Å². The van der Waals surface area contributed by atoms with Gasteiger partial charge in [-0.15, -0.1) is 0 Å². The Balaban J connectivity index is 3.10. The Morgan fingerprint density at radius 3 is 2.38 bits per heavy atom. The quantitative estimate of drug-likeness (QED) is 0.750. The Hall–Kier alpha value is -0.230. The van der Waals surface area contributed by atoms with Crippen molar-refractivity contribution in [3.8, 4) is 5.75 Å². The number of benzene rings is 1. The Bertz CT molecular complexity index is 317. The molecule has 1 aromatic rings. The normalized spacial score (nSPS) is 10.6. The summed E-state index contributed by atoms with van der Waals surface area (Å²) in [7, 11) is 0. The molecule has 0 aliphatic heterocycles. The zero-order valence-corrected chi connectivity index (χ0v) is 9.20. The lowest BCUT2D eigenvalue weighted by molar-refractivity contribution is -0.0510. The highest BCUT2D eigenvalue weighted by molar-refractivity contribution is 9.11. The summed E-state index contributed by atoms with van der Waals surface area (Å²) in [6.45, 7) is -2.98. The first-order valence-corrected chi connectivity index (χ1v) is 4.69. The summed E-state index contributed by atoms with van der Waals surface area (Å²) in [5, 5.41) is 0. The van der Waals surface area contributed by atoms with Crippen LogP contribution in [-0.2, 0) is 0 Å². The third-order valence-electron chi connectivity index (χ3n) is 1.21. The van der Waals surface area contributed by atoms with E-state index in [2.05, 4.69) is 36.6 Å². The summed E-state index contributed by atoms with van der Waals surface area (Å²) in [5.41, 5.74) is 0. The largest absolute Gasteiger partial charge is 0.432 e. The summed E-state index contributed by atoms with van der Waals surface area (Å²) < 4.78 is 40.7.